The summed E-state index contributed by atoms with van der Waals surface area (Å²) in [6.45, 7) is 0. The van der Waals surface area contributed by atoms with Crippen LogP contribution in [-0.2, 0) is 0 Å². The fourth-order valence-corrected chi connectivity index (χ4v) is 1.38. The van der Waals surface area contributed by atoms with Crippen molar-refractivity contribution >= 4 is 17.4 Å². The van der Waals surface area contributed by atoms with Crippen LogP contribution < -0.4 is 0 Å². The number of Topliss-reactive ketones (excluding diaryl/α,β-unsaturated/α-hetero) is 1. The first-order chi connectivity index (χ1) is 8.84. The Hall–Kier alpha value is -1.38. The molecule has 0 heterocycles. The molecule has 0 fully saturated rings. The maximum Gasteiger partial charge on any atom is 0.460 e. The molecule has 0 N–H and O–H groups in total. The van der Waals surface area contributed by atoms with Gasteiger partial charge < -0.3 is 0 Å². The molecule has 1 rings (SSSR count). The highest BCUT2D eigenvalue weighted by molar-refractivity contribution is 6.34. The van der Waals surface area contributed by atoms with E-state index in [4.69, 9.17) is 11.6 Å². The molecule has 0 radical (unpaired) electrons. The third kappa shape index (κ3) is 2.46. The van der Waals surface area contributed by atoms with Crippen LogP contribution in [0.25, 0.3) is 0 Å². The zero-order valence-corrected chi connectivity index (χ0v) is 9.80. The molecule has 0 atom stereocenters. The predicted molar refractivity (Wildman–Crippen MR) is 51.7 cm³/mol. The Labute approximate surface area is 111 Å². The van der Waals surface area contributed by atoms with Crippen LogP contribution in [0.5, 0.6) is 0 Å². The summed E-state index contributed by atoms with van der Waals surface area (Å²) in [5, 5.41) is -1.27. The monoisotopic (exact) mass is 326 g/mol. The van der Waals surface area contributed by atoms with Crippen molar-refractivity contribution in [2.24, 2.45) is 0 Å². The summed E-state index contributed by atoms with van der Waals surface area (Å²) in [5.74, 6) is -17.1. The van der Waals surface area contributed by atoms with Gasteiger partial charge >= 0.3 is 18.0 Å². The summed E-state index contributed by atoms with van der Waals surface area (Å²) in [7, 11) is 0. The van der Waals surface area contributed by atoms with Gasteiger partial charge in [-0.15, -0.1) is 0 Å². The van der Waals surface area contributed by atoms with Gasteiger partial charge in [0.05, 0.1) is 5.02 Å². The summed E-state index contributed by atoms with van der Waals surface area (Å²) in [5.41, 5.74) is -1.47. The number of alkyl halides is 7. The highest BCUT2D eigenvalue weighted by Gasteiger charge is 2.76. The number of hydrogen-bond acceptors (Lipinski definition) is 1. The molecule has 0 spiro atoms. The summed E-state index contributed by atoms with van der Waals surface area (Å²) in [6.07, 6.45) is -6.66. The van der Waals surface area contributed by atoms with Crippen molar-refractivity contribution in [2.45, 2.75) is 18.0 Å². The van der Waals surface area contributed by atoms with Gasteiger partial charge in [0.1, 0.15) is 5.82 Å². The van der Waals surface area contributed by atoms with Crippen LogP contribution in [0.4, 0.5) is 35.1 Å². The molecule has 0 aliphatic carbocycles. The molecular weight excluding hydrogens is 324 g/mol. The maximum absolute atomic E-state index is 13.1. The predicted octanol–water partition coefficient (Wildman–Crippen LogP) is 4.49. The van der Waals surface area contributed by atoms with Gasteiger partial charge in [0, 0.05) is 5.56 Å². The second kappa shape index (κ2) is 4.87. The van der Waals surface area contributed by atoms with Gasteiger partial charge in [0.2, 0.25) is 5.78 Å². The average molecular weight is 327 g/mol. The van der Waals surface area contributed by atoms with Gasteiger partial charge in [-0.1, -0.05) is 17.7 Å². The smallest absolute Gasteiger partial charge is 0.287 e. The Morgan fingerprint density at radius 1 is 1.00 bits per heavy atom. The largest absolute Gasteiger partial charge is 0.460 e. The van der Waals surface area contributed by atoms with Crippen molar-refractivity contribution in [1.29, 1.82) is 0 Å². The number of benzene rings is 1. The van der Waals surface area contributed by atoms with Crippen molar-refractivity contribution in [1.82, 2.24) is 0 Å². The molecule has 0 saturated carbocycles. The zero-order chi connectivity index (χ0) is 15.9. The standard InChI is InChI=1S/C10H3ClF8O/c11-6-4(2-1-3-5(6)12)7(20)8(13,14)9(15,16)10(17,18)19/h1-3H. The fourth-order valence-electron chi connectivity index (χ4n) is 1.17. The van der Waals surface area contributed by atoms with Crippen molar-refractivity contribution in [3.05, 3.63) is 34.6 Å². The third-order valence-corrected chi connectivity index (χ3v) is 2.62. The number of ketones is 1. The van der Waals surface area contributed by atoms with E-state index in [9.17, 15) is 39.9 Å². The zero-order valence-electron chi connectivity index (χ0n) is 9.04. The number of carbonyl (C=O) groups excluding carboxylic acids is 1. The van der Waals surface area contributed by atoms with E-state index in [0.29, 0.717) is 18.2 Å². The average Bonchev–Trinajstić information content (AvgIpc) is 2.30. The van der Waals surface area contributed by atoms with E-state index < -0.39 is 40.2 Å². The lowest BCUT2D eigenvalue weighted by Gasteiger charge is -2.27. The number of rotatable bonds is 3. The van der Waals surface area contributed by atoms with Gasteiger partial charge in [-0.3, -0.25) is 4.79 Å². The molecule has 0 aliphatic rings. The van der Waals surface area contributed by atoms with Crippen LogP contribution in [-0.4, -0.2) is 23.8 Å². The van der Waals surface area contributed by atoms with Gasteiger partial charge in [0.25, 0.3) is 0 Å². The number of halogens is 9. The molecule has 112 valence electrons. The van der Waals surface area contributed by atoms with Crippen molar-refractivity contribution < 1.29 is 39.9 Å². The van der Waals surface area contributed by atoms with Crippen LogP contribution in [0.1, 0.15) is 10.4 Å². The molecule has 20 heavy (non-hydrogen) atoms. The van der Waals surface area contributed by atoms with Crippen LogP contribution in [0.2, 0.25) is 5.02 Å². The second-order valence-electron chi connectivity index (χ2n) is 3.58. The van der Waals surface area contributed by atoms with Crippen molar-refractivity contribution in [3.8, 4) is 0 Å². The Balaban J connectivity index is 3.36. The lowest BCUT2D eigenvalue weighted by molar-refractivity contribution is -0.339. The number of carbonyl (C=O) groups is 1. The first-order valence-corrected chi connectivity index (χ1v) is 5.03. The minimum Gasteiger partial charge on any atom is -0.287 e. The van der Waals surface area contributed by atoms with E-state index in [1.54, 1.807) is 0 Å². The first kappa shape index (κ1) is 16.7. The molecular formula is C10H3ClF8O. The van der Waals surface area contributed by atoms with Crippen LogP contribution in [0.15, 0.2) is 18.2 Å². The van der Waals surface area contributed by atoms with Crippen LogP contribution in [0, 0.1) is 5.82 Å². The Morgan fingerprint density at radius 2 is 1.50 bits per heavy atom. The van der Waals surface area contributed by atoms with Crippen LogP contribution in [0.3, 0.4) is 0 Å². The van der Waals surface area contributed by atoms with E-state index in [2.05, 4.69) is 0 Å². The number of hydrogen-bond donors (Lipinski definition) is 0. The minimum atomic E-state index is -6.66. The van der Waals surface area contributed by atoms with E-state index in [0.717, 1.165) is 0 Å². The second-order valence-corrected chi connectivity index (χ2v) is 3.96. The highest BCUT2D eigenvalue weighted by atomic mass is 35.5. The van der Waals surface area contributed by atoms with Gasteiger partial charge in [-0.05, 0) is 12.1 Å². The molecule has 0 bridgehead atoms. The molecule has 0 aliphatic heterocycles. The van der Waals surface area contributed by atoms with Crippen LogP contribution >= 0.6 is 11.6 Å². The Morgan fingerprint density at radius 3 is 1.95 bits per heavy atom. The lowest BCUT2D eigenvalue weighted by atomic mass is 10.00. The first-order valence-electron chi connectivity index (χ1n) is 4.65. The fraction of sp³-hybridized carbons (Fsp3) is 0.300. The molecule has 0 amide bonds. The lowest BCUT2D eigenvalue weighted by Crippen LogP contribution is -2.56. The molecule has 0 aromatic heterocycles. The van der Waals surface area contributed by atoms with Gasteiger partial charge in [-0.2, -0.15) is 30.7 Å². The summed E-state index contributed by atoms with van der Waals surface area (Å²) >= 11 is 5.10. The summed E-state index contributed by atoms with van der Waals surface area (Å²) in [6, 6.07) is 1.68. The molecule has 1 nitrogen and oxygen atoms in total. The van der Waals surface area contributed by atoms with Crippen molar-refractivity contribution in [2.75, 3.05) is 0 Å². The Kier molecular flexibility index (Phi) is 4.06. The molecule has 10 heteroatoms. The molecule has 0 unspecified atom stereocenters. The molecule has 0 saturated heterocycles. The summed E-state index contributed by atoms with van der Waals surface area (Å²) < 4.78 is 100. The normalized spacial score (nSPS) is 13.4. The maximum atomic E-state index is 13.1. The van der Waals surface area contributed by atoms with E-state index >= 15 is 0 Å². The molecule has 1 aromatic carbocycles. The van der Waals surface area contributed by atoms with E-state index in [1.807, 2.05) is 0 Å². The van der Waals surface area contributed by atoms with Crippen molar-refractivity contribution in [3.63, 3.8) is 0 Å². The quantitative estimate of drug-likeness (QED) is 0.590. The van der Waals surface area contributed by atoms with Gasteiger partial charge in [-0.25, -0.2) is 4.39 Å². The van der Waals surface area contributed by atoms with Gasteiger partial charge in [0.15, 0.2) is 0 Å². The SMILES string of the molecule is O=C(c1cccc(F)c1Cl)C(F)(F)C(F)(F)C(F)(F)F. The highest BCUT2D eigenvalue weighted by Crippen LogP contribution is 2.48. The van der Waals surface area contributed by atoms with E-state index in [1.165, 1.54) is 0 Å². The third-order valence-electron chi connectivity index (χ3n) is 2.23. The molecule has 1 aromatic rings. The van der Waals surface area contributed by atoms with E-state index in [-0.39, 0.29) is 0 Å². The minimum absolute atomic E-state index is 0.411. The summed E-state index contributed by atoms with van der Waals surface area (Å²) in [4.78, 5) is 11.2. The Bertz CT molecular complexity index is 537. The topological polar surface area (TPSA) is 17.1 Å².